The number of benzene rings is 1. The molecule has 1 spiro atoms. The van der Waals surface area contributed by atoms with Crippen molar-refractivity contribution in [3.63, 3.8) is 0 Å². The number of aryl methyl sites for hydroxylation is 1. The van der Waals surface area contributed by atoms with Gasteiger partial charge in [-0.3, -0.25) is 9.59 Å². The SMILES string of the molecule is Cc1c[nH]c(C2CC23C(=O)Nc2ccccc23)c1CCC(=O)O. The van der Waals surface area contributed by atoms with Crippen LogP contribution < -0.4 is 5.32 Å². The zero-order valence-electron chi connectivity index (χ0n) is 12.8. The number of rotatable bonds is 4. The lowest BCUT2D eigenvalue weighted by Gasteiger charge is -2.10. The van der Waals surface area contributed by atoms with Gasteiger partial charge >= 0.3 is 5.97 Å². The van der Waals surface area contributed by atoms with Gasteiger partial charge in [-0.15, -0.1) is 0 Å². The van der Waals surface area contributed by atoms with Crippen molar-refractivity contribution in [2.24, 2.45) is 0 Å². The first-order valence-electron chi connectivity index (χ1n) is 7.83. The van der Waals surface area contributed by atoms with Gasteiger partial charge in [-0.1, -0.05) is 18.2 Å². The highest BCUT2D eigenvalue weighted by Gasteiger charge is 2.65. The van der Waals surface area contributed by atoms with Crippen molar-refractivity contribution in [3.8, 4) is 0 Å². The van der Waals surface area contributed by atoms with E-state index < -0.39 is 11.4 Å². The highest BCUT2D eigenvalue weighted by atomic mass is 16.4. The molecule has 0 radical (unpaired) electrons. The van der Waals surface area contributed by atoms with E-state index in [-0.39, 0.29) is 18.2 Å². The summed E-state index contributed by atoms with van der Waals surface area (Å²) in [6.07, 6.45) is 3.29. The van der Waals surface area contributed by atoms with E-state index in [0.717, 1.165) is 34.5 Å². The first-order valence-corrected chi connectivity index (χ1v) is 7.83. The van der Waals surface area contributed by atoms with E-state index in [4.69, 9.17) is 5.11 Å². The molecule has 5 nitrogen and oxygen atoms in total. The van der Waals surface area contributed by atoms with Gasteiger partial charge in [-0.05, 0) is 42.5 Å². The third kappa shape index (κ3) is 1.92. The van der Waals surface area contributed by atoms with Gasteiger partial charge in [0.2, 0.25) is 5.91 Å². The lowest BCUT2D eigenvalue weighted by atomic mass is 9.92. The summed E-state index contributed by atoms with van der Waals surface area (Å²) in [6.45, 7) is 1.98. The second-order valence-electron chi connectivity index (χ2n) is 6.49. The Morgan fingerprint density at radius 3 is 2.96 bits per heavy atom. The van der Waals surface area contributed by atoms with Crippen LogP contribution in [-0.4, -0.2) is 22.0 Å². The molecule has 2 aliphatic rings. The zero-order valence-corrected chi connectivity index (χ0v) is 12.8. The molecule has 2 aromatic rings. The van der Waals surface area contributed by atoms with Gasteiger partial charge in [0, 0.05) is 29.9 Å². The molecule has 2 unspecified atom stereocenters. The van der Waals surface area contributed by atoms with E-state index in [1.807, 2.05) is 37.4 Å². The summed E-state index contributed by atoms with van der Waals surface area (Å²) < 4.78 is 0. The molecule has 1 fully saturated rings. The average molecular weight is 310 g/mol. The second-order valence-corrected chi connectivity index (χ2v) is 6.49. The number of hydrogen-bond donors (Lipinski definition) is 3. The molecule has 23 heavy (non-hydrogen) atoms. The number of aromatic nitrogens is 1. The van der Waals surface area contributed by atoms with Crippen molar-refractivity contribution < 1.29 is 14.7 Å². The van der Waals surface area contributed by atoms with Gasteiger partial charge in [0.15, 0.2) is 0 Å². The van der Waals surface area contributed by atoms with Crippen LogP contribution in [0.4, 0.5) is 5.69 Å². The summed E-state index contributed by atoms with van der Waals surface area (Å²) in [4.78, 5) is 26.7. The maximum Gasteiger partial charge on any atom is 0.303 e. The van der Waals surface area contributed by atoms with Crippen LogP contribution in [0.2, 0.25) is 0 Å². The predicted octanol–water partition coefficient (Wildman–Crippen LogP) is 2.72. The number of carbonyl (C=O) groups excluding carboxylic acids is 1. The Labute approximate surface area is 133 Å². The Balaban J connectivity index is 1.70. The molecule has 1 aromatic carbocycles. The van der Waals surface area contributed by atoms with Crippen LogP contribution >= 0.6 is 0 Å². The fourth-order valence-corrected chi connectivity index (χ4v) is 3.94. The van der Waals surface area contributed by atoms with E-state index in [9.17, 15) is 9.59 Å². The molecule has 1 amide bonds. The first kappa shape index (κ1) is 14.1. The fraction of sp³-hybridized carbons (Fsp3) is 0.333. The van der Waals surface area contributed by atoms with Gasteiger partial charge in [-0.25, -0.2) is 0 Å². The summed E-state index contributed by atoms with van der Waals surface area (Å²) in [5.41, 5.74) is 4.62. The lowest BCUT2D eigenvalue weighted by Crippen LogP contribution is -2.21. The molecule has 5 heteroatoms. The predicted molar refractivity (Wildman–Crippen MR) is 85.6 cm³/mol. The Bertz CT molecular complexity index is 823. The molecule has 3 N–H and O–H groups in total. The van der Waals surface area contributed by atoms with Gasteiger partial charge in [0.1, 0.15) is 0 Å². The summed E-state index contributed by atoms with van der Waals surface area (Å²) in [5, 5.41) is 11.9. The van der Waals surface area contributed by atoms with Crippen LogP contribution in [0.3, 0.4) is 0 Å². The molecule has 118 valence electrons. The number of aliphatic carboxylic acids is 1. The van der Waals surface area contributed by atoms with E-state index >= 15 is 0 Å². The maximum atomic E-state index is 12.6. The number of carboxylic acid groups (broad SMARTS) is 1. The monoisotopic (exact) mass is 310 g/mol. The van der Waals surface area contributed by atoms with E-state index in [1.54, 1.807) is 0 Å². The molecule has 1 saturated carbocycles. The van der Waals surface area contributed by atoms with Crippen LogP contribution in [0, 0.1) is 6.92 Å². The van der Waals surface area contributed by atoms with Crippen LogP contribution in [0.15, 0.2) is 30.5 Å². The number of para-hydroxylation sites is 1. The Morgan fingerprint density at radius 2 is 2.17 bits per heavy atom. The molecular weight excluding hydrogens is 292 g/mol. The smallest absolute Gasteiger partial charge is 0.303 e. The standard InChI is InChI=1S/C18H18N2O3/c1-10-9-19-16(11(10)6-7-15(21)22)13-8-18(13)12-4-2-3-5-14(12)20-17(18)23/h2-5,9,13,19H,6-8H2,1H3,(H,20,23)(H,21,22). The zero-order chi connectivity index (χ0) is 16.2. The Hall–Kier alpha value is -2.56. The van der Waals surface area contributed by atoms with Crippen molar-refractivity contribution in [1.29, 1.82) is 0 Å². The maximum absolute atomic E-state index is 12.6. The number of carbonyl (C=O) groups is 2. The van der Waals surface area contributed by atoms with Crippen LogP contribution in [0.1, 0.15) is 41.1 Å². The number of carboxylic acids is 1. The largest absolute Gasteiger partial charge is 0.481 e. The Morgan fingerprint density at radius 1 is 1.39 bits per heavy atom. The molecule has 0 saturated heterocycles. The minimum absolute atomic E-state index is 0.0557. The van der Waals surface area contributed by atoms with E-state index in [1.165, 1.54) is 0 Å². The number of H-pyrrole nitrogens is 1. The number of anilines is 1. The van der Waals surface area contributed by atoms with Crippen molar-refractivity contribution in [2.75, 3.05) is 5.32 Å². The lowest BCUT2D eigenvalue weighted by molar-refractivity contribution is -0.137. The minimum atomic E-state index is -0.800. The highest BCUT2D eigenvalue weighted by molar-refractivity contribution is 6.09. The number of aromatic amines is 1. The molecule has 1 aliphatic carbocycles. The highest BCUT2D eigenvalue weighted by Crippen LogP contribution is 2.65. The number of fused-ring (bicyclic) bond motifs is 2. The van der Waals surface area contributed by atoms with Gasteiger partial charge < -0.3 is 15.4 Å². The Kier molecular flexibility index (Phi) is 2.88. The van der Waals surface area contributed by atoms with Crippen LogP contribution in [-0.2, 0) is 21.4 Å². The fourth-order valence-electron chi connectivity index (χ4n) is 3.94. The van der Waals surface area contributed by atoms with Gasteiger partial charge in [-0.2, -0.15) is 0 Å². The summed E-state index contributed by atoms with van der Waals surface area (Å²) in [6, 6.07) is 7.83. The average Bonchev–Trinajstić information content (AvgIpc) is 3.07. The molecule has 1 aromatic heterocycles. The second kappa shape index (κ2) is 4.72. The summed E-state index contributed by atoms with van der Waals surface area (Å²) >= 11 is 0. The molecule has 2 atom stereocenters. The van der Waals surface area contributed by atoms with Crippen molar-refractivity contribution >= 4 is 17.6 Å². The van der Waals surface area contributed by atoms with Crippen molar-refractivity contribution in [2.45, 2.75) is 37.5 Å². The summed E-state index contributed by atoms with van der Waals surface area (Å²) in [5.74, 6) is -0.644. The van der Waals surface area contributed by atoms with Crippen molar-refractivity contribution in [1.82, 2.24) is 4.98 Å². The minimum Gasteiger partial charge on any atom is -0.481 e. The first-order chi connectivity index (χ1) is 11.0. The quantitative estimate of drug-likeness (QED) is 0.812. The molecule has 2 heterocycles. The number of amides is 1. The molecule has 0 bridgehead atoms. The molecular formula is C18H18N2O3. The molecule has 4 rings (SSSR count). The summed E-state index contributed by atoms with van der Waals surface area (Å²) in [7, 11) is 0. The number of nitrogens with one attached hydrogen (secondary N) is 2. The van der Waals surface area contributed by atoms with E-state index in [2.05, 4.69) is 10.3 Å². The molecule has 1 aliphatic heterocycles. The van der Waals surface area contributed by atoms with Crippen LogP contribution in [0.5, 0.6) is 0 Å². The number of hydrogen-bond acceptors (Lipinski definition) is 2. The van der Waals surface area contributed by atoms with Crippen LogP contribution in [0.25, 0.3) is 0 Å². The topological polar surface area (TPSA) is 82.2 Å². The van der Waals surface area contributed by atoms with E-state index in [0.29, 0.717) is 6.42 Å². The van der Waals surface area contributed by atoms with Gasteiger partial charge in [0.05, 0.1) is 5.41 Å². The normalized spacial score (nSPS) is 24.6. The third-order valence-electron chi connectivity index (χ3n) is 5.20. The van der Waals surface area contributed by atoms with Crippen molar-refractivity contribution in [3.05, 3.63) is 52.8 Å². The van der Waals surface area contributed by atoms with Gasteiger partial charge in [0.25, 0.3) is 0 Å². The third-order valence-corrected chi connectivity index (χ3v) is 5.20.